The Hall–Kier alpha value is -0.790. The van der Waals surface area contributed by atoms with Crippen LogP contribution in [0.3, 0.4) is 0 Å². The molecule has 0 aromatic rings. The Labute approximate surface area is 152 Å². The lowest BCUT2D eigenvalue weighted by Gasteiger charge is -2.74. The first kappa shape index (κ1) is 17.3. The van der Waals surface area contributed by atoms with Crippen molar-refractivity contribution in [3.63, 3.8) is 0 Å². The Morgan fingerprint density at radius 2 is 1.81 bits per heavy atom. The van der Waals surface area contributed by atoms with E-state index in [2.05, 4.69) is 6.58 Å². The first-order valence-corrected chi connectivity index (χ1v) is 9.71. The molecule has 26 heavy (non-hydrogen) atoms. The number of aliphatic hydroxyl groups excluding tert-OH is 3. The van der Waals surface area contributed by atoms with Crippen LogP contribution in [0.2, 0.25) is 0 Å². The van der Waals surface area contributed by atoms with Crippen LogP contribution in [-0.2, 0) is 9.53 Å². The number of fused-ring (bicyclic) bond motifs is 2. The molecule has 0 aromatic heterocycles. The predicted octanol–water partition coefficient (Wildman–Crippen LogP) is 0.376. The average Bonchev–Trinajstić information content (AvgIpc) is 2.69. The van der Waals surface area contributed by atoms with E-state index in [0.29, 0.717) is 24.8 Å². The van der Waals surface area contributed by atoms with E-state index in [1.54, 1.807) is 0 Å². The number of carbonyl (C=O) groups excluding carboxylic acids is 1. The summed E-state index contributed by atoms with van der Waals surface area (Å²) >= 11 is 0. The maximum atomic E-state index is 13.3. The first-order valence-electron chi connectivity index (χ1n) is 9.71. The van der Waals surface area contributed by atoms with E-state index in [-0.39, 0.29) is 12.0 Å². The van der Waals surface area contributed by atoms with Crippen LogP contribution in [-0.4, -0.2) is 56.9 Å². The second-order valence-corrected chi connectivity index (χ2v) is 9.97. The van der Waals surface area contributed by atoms with Crippen molar-refractivity contribution in [2.45, 2.75) is 63.6 Å². The summed E-state index contributed by atoms with van der Waals surface area (Å²) in [5.74, 6) is -3.80. The number of ether oxygens (including phenoxy) is 1. The summed E-state index contributed by atoms with van der Waals surface area (Å²) in [5.41, 5.74) is -2.49. The van der Waals surface area contributed by atoms with E-state index in [1.165, 1.54) is 0 Å². The summed E-state index contributed by atoms with van der Waals surface area (Å²) in [4.78, 5) is 13.3. The highest BCUT2D eigenvalue weighted by Crippen LogP contribution is 2.76. The summed E-state index contributed by atoms with van der Waals surface area (Å²) in [7, 11) is 0. The summed E-state index contributed by atoms with van der Waals surface area (Å²) in [5, 5.41) is 45.1. The molecular weight excluding hydrogens is 336 g/mol. The largest absolute Gasteiger partial charge is 0.392 e. The number of ketones is 1. The third-order valence-corrected chi connectivity index (χ3v) is 8.88. The van der Waals surface area contributed by atoms with Crippen molar-refractivity contribution in [2.75, 3.05) is 6.61 Å². The number of rotatable bonds is 0. The van der Waals surface area contributed by atoms with Crippen molar-refractivity contribution in [3.8, 4) is 0 Å². The average molecular weight is 364 g/mol. The summed E-state index contributed by atoms with van der Waals surface area (Å²) in [6, 6.07) is 0. The Kier molecular flexibility index (Phi) is 3.07. The number of carbonyl (C=O) groups is 1. The molecule has 0 unspecified atom stereocenters. The van der Waals surface area contributed by atoms with E-state index in [4.69, 9.17) is 4.74 Å². The van der Waals surface area contributed by atoms with Gasteiger partial charge in [-0.1, -0.05) is 20.4 Å². The zero-order chi connectivity index (χ0) is 18.9. The van der Waals surface area contributed by atoms with Gasteiger partial charge in [-0.3, -0.25) is 4.79 Å². The van der Waals surface area contributed by atoms with Gasteiger partial charge >= 0.3 is 0 Å². The quantitative estimate of drug-likeness (QED) is 0.463. The molecule has 6 heteroatoms. The van der Waals surface area contributed by atoms with Crippen LogP contribution >= 0.6 is 0 Å². The molecule has 4 saturated carbocycles. The molecule has 4 aliphatic carbocycles. The SMILES string of the molecule is C=C1C(=O)[C@@]23[C@H](O)[C@H]1CC[C@@H]2[C@]12CO[C@@]3(O)[C@@H](O)[C@H]1C(C)(C)CC[C@H]2O. The molecule has 6 rings (SSSR count). The van der Waals surface area contributed by atoms with Crippen molar-refractivity contribution in [3.05, 3.63) is 12.2 Å². The lowest BCUT2D eigenvalue weighted by Crippen LogP contribution is -2.85. The highest BCUT2D eigenvalue weighted by atomic mass is 16.6. The van der Waals surface area contributed by atoms with Gasteiger partial charge in [-0.2, -0.15) is 0 Å². The van der Waals surface area contributed by atoms with Crippen molar-refractivity contribution < 1.29 is 30.0 Å². The van der Waals surface area contributed by atoms with Crippen LogP contribution in [0.5, 0.6) is 0 Å². The van der Waals surface area contributed by atoms with Gasteiger partial charge in [0, 0.05) is 17.3 Å². The van der Waals surface area contributed by atoms with Crippen LogP contribution in [0, 0.1) is 34.0 Å². The normalized spacial score (nSPS) is 59.9. The van der Waals surface area contributed by atoms with Gasteiger partial charge in [-0.05, 0) is 42.6 Å². The monoisotopic (exact) mass is 364 g/mol. The predicted molar refractivity (Wildman–Crippen MR) is 90.7 cm³/mol. The molecular formula is C20H28O6. The van der Waals surface area contributed by atoms with Crippen LogP contribution in [0.25, 0.3) is 0 Å². The van der Waals surface area contributed by atoms with E-state index < -0.39 is 58.5 Å². The van der Waals surface area contributed by atoms with Gasteiger partial charge < -0.3 is 25.2 Å². The Balaban J connectivity index is 1.81. The number of hydrogen-bond donors (Lipinski definition) is 4. The molecule has 2 aliphatic heterocycles. The van der Waals surface area contributed by atoms with Gasteiger partial charge in [0.1, 0.15) is 11.5 Å². The van der Waals surface area contributed by atoms with E-state index in [1.807, 2.05) is 13.8 Å². The highest BCUT2D eigenvalue weighted by molar-refractivity contribution is 6.05. The summed E-state index contributed by atoms with van der Waals surface area (Å²) in [6.07, 6.45) is -0.747. The zero-order valence-corrected chi connectivity index (χ0v) is 15.3. The van der Waals surface area contributed by atoms with Crippen LogP contribution in [0.1, 0.15) is 39.5 Å². The van der Waals surface area contributed by atoms with Gasteiger partial charge in [-0.15, -0.1) is 0 Å². The fourth-order valence-electron chi connectivity index (χ4n) is 7.90. The second-order valence-electron chi connectivity index (χ2n) is 9.97. The van der Waals surface area contributed by atoms with Crippen molar-refractivity contribution in [1.29, 1.82) is 0 Å². The third-order valence-electron chi connectivity index (χ3n) is 8.88. The fraction of sp³-hybridized carbons (Fsp3) is 0.850. The molecule has 4 N–H and O–H groups in total. The fourth-order valence-corrected chi connectivity index (χ4v) is 7.90. The molecule has 2 spiro atoms. The van der Waals surface area contributed by atoms with Crippen LogP contribution in [0.15, 0.2) is 12.2 Å². The van der Waals surface area contributed by atoms with Crippen molar-refractivity contribution >= 4 is 5.78 Å². The highest BCUT2D eigenvalue weighted by Gasteiger charge is 2.86. The number of Topliss-reactive ketones (excluding diaryl/α,β-unsaturated/α-hetero) is 1. The zero-order valence-electron chi connectivity index (χ0n) is 15.3. The van der Waals surface area contributed by atoms with Crippen LogP contribution < -0.4 is 0 Å². The van der Waals surface area contributed by atoms with Crippen molar-refractivity contribution in [1.82, 2.24) is 0 Å². The van der Waals surface area contributed by atoms with E-state index in [9.17, 15) is 25.2 Å². The van der Waals surface area contributed by atoms with Gasteiger partial charge in [0.25, 0.3) is 0 Å². The Morgan fingerprint density at radius 1 is 1.12 bits per heavy atom. The standard InChI is InChI=1S/C20H28O6/c1-9-10-4-5-11-18-8-26-20(25,19(11,14(9)22)15(10)23)16(24)13(18)17(2,3)7-6-12(18)21/h10-13,15-16,21,23-25H,1,4-8H2,2-3H3/t10-,11+,12+,13-,15+,16-,18-,19+,20-/m0/s1. The smallest absolute Gasteiger partial charge is 0.208 e. The summed E-state index contributed by atoms with van der Waals surface area (Å²) < 4.78 is 5.80. The Morgan fingerprint density at radius 3 is 2.50 bits per heavy atom. The molecule has 0 radical (unpaired) electrons. The second kappa shape index (κ2) is 4.61. The lowest BCUT2D eigenvalue weighted by atomic mass is 9.35. The molecule has 6 fully saturated rings. The molecule has 2 heterocycles. The Bertz CT molecular complexity index is 717. The lowest BCUT2D eigenvalue weighted by molar-refractivity contribution is -0.458. The van der Waals surface area contributed by atoms with Crippen molar-refractivity contribution in [2.24, 2.45) is 34.0 Å². The molecule has 6 aliphatic rings. The summed E-state index contributed by atoms with van der Waals surface area (Å²) in [6.45, 7) is 8.07. The minimum absolute atomic E-state index is 0.0966. The third kappa shape index (κ3) is 1.41. The minimum Gasteiger partial charge on any atom is -0.392 e. The van der Waals surface area contributed by atoms with Crippen LogP contribution in [0.4, 0.5) is 0 Å². The maximum absolute atomic E-state index is 13.3. The molecule has 4 bridgehead atoms. The molecule has 0 aromatic carbocycles. The van der Waals surface area contributed by atoms with Gasteiger partial charge in [0.15, 0.2) is 5.78 Å². The minimum atomic E-state index is -2.15. The van der Waals surface area contributed by atoms with E-state index >= 15 is 0 Å². The van der Waals surface area contributed by atoms with Gasteiger partial charge in [-0.25, -0.2) is 0 Å². The first-order chi connectivity index (χ1) is 12.1. The maximum Gasteiger partial charge on any atom is 0.208 e. The molecule has 2 saturated heterocycles. The molecule has 9 atom stereocenters. The van der Waals surface area contributed by atoms with Gasteiger partial charge in [0.2, 0.25) is 5.79 Å². The molecule has 6 nitrogen and oxygen atoms in total. The van der Waals surface area contributed by atoms with E-state index in [0.717, 1.165) is 6.42 Å². The molecule has 144 valence electrons. The number of hydrogen-bond acceptors (Lipinski definition) is 6. The topological polar surface area (TPSA) is 107 Å². The van der Waals surface area contributed by atoms with Gasteiger partial charge in [0.05, 0.1) is 18.8 Å². The number of aliphatic hydroxyl groups is 4. The molecule has 0 amide bonds.